The van der Waals surface area contributed by atoms with Crippen LogP contribution in [0.15, 0.2) is 23.4 Å². The summed E-state index contributed by atoms with van der Waals surface area (Å²) in [5.74, 6) is 0.543. The Kier molecular flexibility index (Phi) is 4.09. The first-order valence-electron chi connectivity index (χ1n) is 5.72. The van der Waals surface area contributed by atoms with Crippen LogP contribution in [0.5, 0.6) is 0 Å². The molecule has 2 heterocycles. The first kappa shape index (κ1) is 12.8. The maximum Gasteiger partial charge on any atom is 0.192 e. The smallest absolute Gasteiger partial charge is 0.192 e. The summed E-state index contributed by atoms with van der Waals surface area (Å²) in [6, 6.07) is 3.58. The number of pyridine rings is 1. The van der Waals surface area contributed by atoms with Crippen LogP contribution in [0.25, 0.3) is 0 Å². The zero-order chi connectivity index (χ0) is 13.0. The van der Waals surface area contributed by atoms with E-state index in [1.807, 2.05) is 11.0 Å². The molecule has 0 unspecified atom stereocenters. The number of aromatic nitrogens is 1. The first-order chi connectivity index (χ1) is 8.65. The van der Waals surface area contributed by atoms with Crippen LogP contribution >= 0.6 is 11.6 Å². The van der Waals surface area contributed by atoms with Gasteiger partial charge in [-0.1, -0.05) is 17.7 Å². The molecular formula is C11H13ClN4O2. The average Bonchev–Trinajstić information content (AvgIpc) is 2.34. The molecule has 96 valence electrons. The molecular weight excluding hydrogens is 256 g/mol. The Morgan fingerprint density at radius 3 is 3.00 bits per heavy atom. The molecule has 0 aliphatic carbocycles. The quantitative estimate of drug-likeness (QED) is 0.479. The van der Waals surface area contributed by atoms with Crippen molar-refractivity contribution in [2.24, 2.45) is 5.10 Å². The molecule has 0 aromatic carbocycles. The molecule has 6 nitrogen and oxygen atoms in total. The van der Waals surface area contributed by atoms with Gasteiger partial charge in [-0.15, -0.1) is 0 Å². The van der Waals surface area contributed by atoms with Gasteiger partial charge in [-0.25, -0.2) is 15.1 Å². The molecule has 0 spiro atoms. The number of hydrogen-bond donors (Lipinski definition) is 0. The fourth-order valence-electron chi connectivity index (χ4n) is 1.97. The van der Waals surface area contributed by atoms with Crippen molar-refractivity contribution in [3.05, 3.63) is 39.2 Å². The summed E-state index contributed by atoms with van der Waals surface area (Å²) < 4.78 is 0. The molecule has 0 saturated carbocycles. The molecule has 0 atom stereocenters. The maximum atomic E-state index is 10.5. The van der Waals surface area contributed by atoms with Crippen LogP contribution in [0.1, 0.15) is 24.8 Å². The molecule has 0 radical (unpaired) electrons. The van der Waals surface area contributed by atoms with E-state index in [2.05, 4.69) is 10.1 Å². The van der Waals surface area contributed by atoms with E-state index in [1.54, 1.807) is 12.3 Å². The summed E-state index contributed by atoms with van der Waals surface area (Å²) in [4.78, 5) is 16.4. The van der Waals surface area contributed by atoms with Crippen LogP contribution < -0.4 is 0 Å². The van der Waals surface area contributed by atoms with Gasteiger partial charge in [-0.2, -0.15) is 0 Å². The van der Waals surface area contributed by atoms with Crippen molar-refractivity contribution >= 4 is 17.4 Å². The highest BCUT2D eigenvalue weighted by Gasteiger charge is 2.19. The summed E-state index contributed by atoms with van der Waals surface area (Å²) in [6.45, 7) is 1.37. The largest absolute Gasteiger partial charge is 0.351 e. The fourth-order valence-corrected chi connectivity index (χ4v) is 2.08. The van der Waals surface area contributed by atoms with E-state index >= 15 is 0 Å². The van der Waals surface area contributed by atoms with Gasteiger partial charge in [0.15, 0.2) is 10.9 Å². The van der Waals surface area contributed by atoms with E-state index in [4.69, 9.17) is 11.6 Å². The molecule has 1 fully saturated rings. The van der Waals surface area contributed by atoms with Crippen molar-refractivity contribution in [1.29, 1.82) is 0 Å². The van der Waals surface area contributed by atoms with Crippen LogP contribution in [0, 0.1) is 10.1 Å². The molecule has 1 saturated heterocycles. The normalized spacial score (nSPS) is 18.1. The Morgan fingerprint density at radius 1 is 1.50 bits per heavy atom. The van der Waals surface area contributed by atoms with Crippen LogP contribution in [0.2, 0.25) is 5.15 Å². The molecule has 18 heavy (non-hydrogen) atoms. The van der Waals surface area contributed by atoms with Gasteiger partial charge in [0, 0.05) is 25.7 Å². The van der Waals surface area contributed by atoms with Crippen LogP contribution in [-0.4, -0.2) is 27.3 Å². The Hall–Kier alpha value is -1.69. The number of likely N-dealkylation sites (tertiary alicyclic amines) is 1. The summed E-state index contributed by atoms with van der Waals surface area (Å²) in [7, 11) is 0. The number of nitrogens with zero attached hydrogens (tertiary/aromatic N) is 4. The lowest BCUT2D eigenvalue weighted by atomic mass is 10.1. The zero-order valence-electron chi connectivity index (χ0n) is 9.75. The topological polar surface area (TPSA) is 71.6 Å². The highest BCUT2D eigenvalue weighted by molar-refractivity contribution is 6.29. The SMILES string of the molecule is O=[N+]([O-])/N=C1/CCCCN1Cc1ccc(Cl)nc1. The minimum absolute atomic E-state index is 0.441. The summed E-state index contributed by atoms with van der Waals surface area (Å²) in [6.07, 6.45) is 4.31. The van der Waals surface area contributed by atoms with Crippen LogP contribution in [-0.2, 0) is 6.54 Å². The Morgan fingerprint density at radius 2 is 2.33 bits per heavy atom. The van der Waals surface area contributed by atoms with Gasteiger partial charge in [0.25, 0.3) is 0 Å². The second-order valence-corrected chi connectivity index (χ2v) is 4.51. The third-order valence-corrected chi connectivity index (χ3v) is 3.03. The molecule has 1 aromatic rings. The Bertz CT molecular complexity index is 461. The minimum Gasteiger partial charge on any atom is -0.351 e. The Labute approximate surface area is 109 Å². The van der Waals surface area contributed by atoms with E-state index in [-0.39, 0.29) is 0 Å². The molecule has 2 rings (SSSR count). The van der Waals surface area contributed by atoms with Crippen LogP contribution in [0.4, 0.5) is 0 Å². The molecule has 1 aliphatic heterocycles. The Balaban J connectivity index is 2.10. The molecule has 0 bridgehead atoms. The van der Waals surface area contributed by atoms with Crippen molar-refractivity contribution in [2.75, 3.05) is 6.54 Å². The molecule has 1 aromatic heterocycles. The van der Waals surface area contributed by atoms with Crippen molar-refractivity contribution in [1.82, 2.24) is 9.88 Å². The monoisotopic (exact) mass is 268 g/mol. The van der Waals surface area contributed by atoms with Crippen LogP contribution in [0.3, 0.4) is 0 Å². The third kappa shape index (κ3) is 3.40. The summed E-state index contributed by atoms with van der Waals surface area (Å²) in [5, 5.41) is 13.7. The van der Waals surface area contributed by atoms with Crippen molar-refractivity contribution in [2.45, 2.75) is 25.8 Å². The molecule has 0 amide bonds. The lowest BCUT2D eigenvalue weighted by Crippen LogP contribution is -2.35. The summed E-state index contributed by atoms with van der Waals surface area (Å²) >= 11 is 5.71. The second-order valence-electron chi connectivity index (χ2n) is 4.12. The van der Waals surface area contributed by atoms with Gasteiger partial charge in [-0.05, 0) is 24.5 Å². The summed E-state index contributed by atoms with van der Waals surface area (Å²) in [5.41, 5.74) is 0.970. The number of hydrogen-bond acceptors (Lipinski definition) is 3. The molecule has 0 N–H and O–H groups in total. The van der Waals surface area contributed by atoms with Gasteiger partial charge < -0.3 is 4.90 Å². The van der Waals surface area contributed by atoms with Gasteiger partial charge in [0.2, 0.25) is 0 Å². The number of nitro groups is 1. The highest BCUT2D eigenvalue weighted by Crippen LogP contribution is 2.16. The van der Waals surface area contributed by atoms with Gasteiger partial charge in [0.1, 0.15) is 5.15 Å². The number of rotatable bonds is 3. The van der Waals surface area contributed by atoms with Gasteiger partial charge in [0.05, 0.1) is 5.10 Å². The second kappa shape index (κ2) is 5.77. The number of piperidine rings is 1. The van der Waals surface area contributed by atoms with E-state index < -0.39 is 5.03 Å². The molecule has 1 aliphatic rings. The predicted molar refractivity (Wildman–Crippen MR) is 67.9 cm³/mol. The number of amidine groups is 1. The van der Waals surface area contributed by atoms with E-state index in [1.165, 1.54) is 0 Å². The van der Waals surface area contributed by atoms with Crippen molar-refractivity contribution < 1.29 is 5.03 Å². The lowest BCUT2D eigenvalue weighted by Gasteiger charge is -2.28. The zero-order valence-corrected chi connectivity index (χ0v) is 10.5. The first-order valence-corrected chi connectivity index (χ1v) is 6.10. The molecule has 7 heteroatoms. The maximum absolute atomic E-state index is 10.5. The van der Waals surface area contributed by atoms with E-state index in [0.717, 1.165) is 24.9 Å². The minimum atomic E-state index is -0.631. The lowest BCUT2D eigenvalue weighted by molar-refractivity contribution is -0.485. The highest BCUT2D eigenvalue weighted by atomic mass is 35.5. The van der Waals surface area contributed by atoms with Crippen molar-refractivity contribution in [3.8, 4) is 0 Å². The number of hydrazone groups is 1. The standard InChI is InChI=1S/C11H13ClN4O2/c12-10-5-4-9(7-13-10)8-15-6-2-1-3-11(15)14-16(17)18/h4-5,7H,1-3,6,8H2/b14-11-. The average molecular weight is 269 g/mol. The fraction of sp³-hybridized carbons (Fsp3) is 0.455. The van der Waals surface area contributed by atoms with E-state index in [9.17, 15) is 10.1 Å². The van der Waals surface area contributed by atoms with E-state index in [0.29, 0.717) is 24.0 Å². The number of halogens is 1. The third-order valence-electron chi connectivity index (χ3n) is 2.80. The predicted octanol–water partition coefficient (Wildman–Crippen LogP) is 2.31. The van der Waals surface area contributed by atoms with Gasteiger partial charge in [-0.3, -0.25) is 0 Å². The van der Waals surface area contributed by atoms with Gasteiger partial charge >= 0.3 is 0 Å². The van der Waals surface area contributed by atoms with Crippen molar-refractivity contribution in [3.63, 3.8) is 0 Å².